The van der Waals surface area contributed by atoms with Gasteiger partial charge in [-0.15, -0.1) is 0 Å². The number of rotatable bonds is 3. The summed E-state index contributed by atoms with van der Waals surface area (Å²) in [5, 5.41) is 8.85. The maximum Gasteiger partial charge on any atom is 0.212 e. The van der Waals surface area contributed by atoms with Crippen molar-refractivity contribution in [3.63, 3.8) is 0 Å². The smallest absolute Gasteiger partial charge is 0.212 e. The Hall–Kier alpha value is -1.34. The second-order valence-corrected chi connectivity index (χ2v) is 4.47. The lowest BCUT2D eigenvalue weighted by molar-refractivity contribution is 0.171. The molecule has 1 aliphatic heterocycles. The molecule has 1 fully saturated rings. The van der Waals surface area contributed by atoms with Crippen LogP contribution in [-0.2, 0) is 6.54 Å². The largest absolute Gasteiger partial charge is 0.323 e. The molecule has 0 aliphatic carbocycles. The molecule has 4 heteroatoms. The van der Waals surface area contributed by atoms with E-state index in [9.17, 15) is 0 Å². The van der Waals surface area contributed by atoms with E-state index in [2.05, 4.69) is 23.0 Å². The Labute approximate surface area is 96.5 Å². The van der Waals surface area contributed by atoms with Crippen LogP contribution in [0.3, 0.4) is 0 Å². The molecular weight excluding hydrogens is 200 g/mol. The number of nitrogens with zero attached hydrogens (tertiary/aromatic N) is 4. The first kappa shape index (κ1) is 11.2. The van der Waals surface area contributed by atoms with Crippen LogP contribution < -0.4 is 0 Å². The van der Waals surface area contributed by atoms with E-state index < -0.39 is 0 Å². The van der Waals surface area contributed by atoms with Crippen LogP contribution in [-0.4, -0.2) is 34.1 Å². The van der Waals surface area contributed by atoms with Gasteiger partial charge >= 0.3 is 0 Å². The van der Waals surface area contributed by atoms with Crippen molar-refractivity contribution >= 4 is 0 Å². The number of piperidine rings is 1. The van der Waals surface area contributed by atoms with Crippen LogP contribution in [0.5, 0.6) is 0 Å². The first-order chi connectivity index (χ1) is 7.81. The zero-order valence-corrected chi connectivity index (χ0v) is 9.76. The highest BCUT2D eigenvalue weighted by Gasteiger charge is 2.18. The Balaban J connectivity index is 1.89. The first-order valence-corrected chi connectivity index (χ1v) is 5.92. The topological polar surface area (TPSA) is 44.9 Å². The molecule has 1 aromatic heterocycles. The molecule has 0 radical (unpaired) electrons. The molecule has 2 rings (SSSR count). The van der Waals surface area contributed by atoms with E-state index in [1.807, 2.05) is 10.8 Å². The van der Waals surface area contributed by atoms with Gasteiger partial charge in [0.15, 0.2) is 0 Å². The van der Waals surface area contributed by atoms with Gasteiger partial charge in [0.1, 0.15) is 6.07 Å². The summed E-state index contributed by atoms with van der Waals surface area (Å²) in [6.07, 6.45) is 8.64. The van der Waals surface area contributed by atoms with E-state index in [4.69, 9.17) is 5.26 Å². The van der Waals surface area contributed by atoms with Crippen LogP contribution in [0.15, 0.2) is 12.4 Å². The van der Waals surface area contributed by atoms with Crippen molar-refractivity contribution in [2.24, 2.45) is 0 Å². The quantitative estimate of drug-likeness (QED) is 0.774. The maximum atomic E-state index is 8.85. The lowest BCUT2D eigenvalue weighted by Gasteiger charge is -2.32. The minimum absolute atomic E-state index is 0.526. The summed E-state index contributed by atoms with van der Waals surface area (Å²) in [6.45, 7) is 2.11. The van der Waals surface area contributed by atoms with E-state index in [1.54, 1.807) is 6.20 Å². The highest BCUT2D eigenvalue weighted by molar-refractivity contribution is 5.10. The van der Waals surface area contributed by atoms with Gasteiger partial charge in [0.25, 0.3) is 0 Å². The molecule has 0 spiro atoms. The molecule has 0 N–H and O–H groups in total. The monoisotopic (exact) mass is 218 g/mol. The normalized spacial score (nSPS) is 21.9. The van der Waals surface area contributed by atoms with Crippen LogP contribution in [0.1, 0.15) is 31.5 Å². The van der Waals surface area contributed by atoms with Crippen molar-refractivity contribution in [1.82, 2.24) is 14.5 Å². The van der Waals surface area contributed by atoms with Gasteiger partial charge in [-0.25, -0.2) is 4.98 Å². The highest BCUT2D eigenvalue weighted by atomic mass is 15.1. The van der Waals surface area contributed by atoms with Crippen molar-refractivity contribution in [1.29, 1.82) is 5.26 Å². The number of aromatic nitrogens is 2. The second kappa shape index (κ2) is 5.13. The molecule has 1 aromatic rings. The summed E-state index contributed by atoms with van der Waals surface area (Å²) < 4.78 is 1.95. The minimum atomic E-state index is 0.526. The Kier molecular flexibility index (Phi) is 3.58. The number of hydrogen-bond acceptors (Lipinski definition) is 3. The molecule has 1 atom stereocenters. The van der Waals surface area contributed by atoms with Crippen LogP contribution in [0, 0.1) is 11.3 Å². The third kappa shape index (κ3) is 2.42. The van der Waals surface area contributed by atoms with Crippen molar-refractivity contribution in [2.45, 2.75) is 38.3 Å². The maximum absolute atomic E-state index is 8.85. The Morgan fingerprint density at radius 1 is 1.56 bits per heavy atom. The van der Waals surface area contributed by atoms with Gasteiger partial charge in [0, 0.05) is 25.0 Å². The molecule has 0 amide bonds. The highest BCUT2D eigenvalue weighted by Crippen LogP contribution is 2.18. The van der Waals surface area contributed by atoms with E-state index in [-0.39, 0.29) is 0 Å². The molecule has 86 valence electrons. The fraction of sp³-hybridized carbons (Fsp3) is 0.667. The second-order valence-electron chi connectivity index (χ2n) is 4.47. The third-order valence-electron chi connectivity index (χ3n) is 3.44. The zero-order chi connectivity index (χ0) is 11.4. The van der Waals surface area contributed by atoms with Crippen LogP contribution in [0.25, 0.3) is 0 Å². The first-order valence-electron chi connectivity index (χ1n) is 5.92. The van der Waals surface area contributed by atoms with E-state index in [0.717, 1.165) is 13.0 Å². The lowest BCUT2D eigenvalue weighted by Crippen LogP contribution is -2.36. The predicted octanol–water partition coefficient (Wildman–Crippen LogP) is 1.63. The minimum Gasteiger partial charge on any atom is -0.323 e. The molecule has 0 bridgehead atoms. The molecule has 16 heavy (non-hydrogen) atoms. The van der Waals surface area contributed by atoms with Crippen LogP contribution >= 0.6 is 0 Å². The van der Waals surface area contributed by atoms with Gasteiger partial charge in [-0.05, 0) is 32.9 Å². The van der Waals surface area contributed by atoms with Crippen molar-refractivity contribution in [3.05, 3.63) is 18.2 Å². The van der Waals surface area contributed by atoms with Crippen LogP contribution in [0.4, 0.5) is 0 Å². The van der Waals surface area contributed by atoms with Gasteiger partial charge in [-0.2, -0.15) is 5.26 Å². The van der Waals surface area contributed by atoms with E-state index >= 15 is 0 Å². The SMILES string of the molecule is CN1CCCCC1CCn1ccnc1C#N. The van der Waals surface area contributed by atoms with Gasteiger partial charge in [-0.1, -0.05) is 6.42 Å². The summed E-state index contributed by atoms with van der Waals surface area (Å²) in [7, 11) is 2.20. The molecule has 0 aromatic carbocycles. The Morgan fingerprint density at radius 2 is 2.44 bits per heavy atom. The van der Waals surface area contributed by atoms with Crippen molar-refractivity contribution in [3.8, 4) is 6.07 Å². The van der Waals surface area contributed by atoms with Crippen LogP contribution in [0.2, 0.25) is 0 Å². The molecule has 4 nitrogen and oxygen atoms in total. The molecular formula is C12H18N4. The Bertz CT molecular complexity index is 377. The summed E-state index contributed by atoms with van der Waals surface area (Å²) >= 11 is 0. The van der Waals surface area contributed by atoms with Gasteiger partial charge in [0.05, 0.1) is 0 Å². The molecule has 1 aliphatic rings. The fourth-order valence-corrected chi connectivity index (χ4v) is 2.40. The average molecular weight is 218 g/mol. The van der Waals surface area contributed by atoms with Crippen molar-refractivity contribution < 1.29 is 0 Å². The average Bonchev–Trinajstić information content (AvgIpc) is 2.75. The number of imidazole rings is 1. The van der Waals surface area contributed by atoms with Gasteiger partial charge < -0.3 is 9.47 Å². The summed E-state index contributed by atoms with van der Waals surface area (Å²) in [5.41, 5.74) is 0. The van der Waals surface area contributed by atoms with E-state index in [0.29, 0.717) is 11.9 Å². The Morgan fingerprint density at radius 3 is 3.19 bits per heavy atom. The summed E-state index contributed by atoms with van der Waals surface area (Å²) in [6, 6.07) is 2.78. The molecule has 1 unspecified atom stereocenters. The summed E-state index contributed by atoms with van der Waals surface area (Å²) in [4.78, 5) is 6.44. The summed E-state index contributed by atoms with van der Waals surface area (Å²) in [5.74, 6) is 0.526. The molecule has 2 heterocycles. The number of likely N-dealkylation sites (tertiary alicyclic amines) is 1. The lowest BCUT2D eigenvalue weighted by atomic mass is 10.0. The molecule has 0 saturated carbocycles. The zero-order valence-electron chi connectivity index (χ0n) is 9.76. The fourth-order valence-electron chi connectivity index (χ4n) is 2.40. The van der Waals surface area contributed by atoms with Gasteiger partial charge in [0.2, 0.25) is 5.82 Å². The third-order valence-corrected chi connectivity index (χ3v) is 3.44. The standard InChI is InChI=1S/C12H18N4/c1-15-7-3-2-4-11(15)5-8-16-9-6-14-12(16)10-13/h6,9,11H,2-5,7-8H2,1H3. The molecule has 1 saturated heterocycles. The predicted molar refractivity (Wildman–Crippen MR) is 61.8 cm³/mol. The van der Waals surface area contributed by atoms with Gasteiger partial charge in [-0.3, -0.25) is 0 Å². The number of aryl methyl sites for hydroxylation is 1. The van der Waals surface area contributed by atoms with E-state index in [1.165, 1.54) is 25.8 Å². The number of hydrogen-bond donors (Lipinski definition) is 0. The van der Waals surface area contributed by atoms with Crippen molar-refractivity contribution in [2.75, 3.05) is 13.6 Å². The number of nitriles is 1.